The molecule has 1 fully saturated rings. The molecule has 24 heavy (non-hydrogen) atoms. The van der Waals surface area contributed by atoms with E-state index in [9.17, 15) is 14.4 Å². The number of nitrogens with zero attached hydrogens (tertiary/aromatic N) is 1. The minimum absolute atomic E-state index is 0.226. The van der Waals surface area contributed by atoms with Crippen LogP contribution in [0.5, 0.6) is 0 Å². The molecule has 0 unspecified atom stereocenters. The van der Waals surface area contributed by atoms with Crippen molar-refractivity contribution in [2.45, 2.75) is 49.2 Å². The minimum Gasteiger partial charge on any atom is -0.465 e. The van der Waals surface area contributed by atoms with E-state index in [1.54, 1.807) is 30.8 Å². The van der Waals surface area contributed by atoms with Crippen LogP contribution in [0.3, 0.4) is 0 Å². The normalized spacial score (nSPS) is 18.0. The second kappa shape index (κ2) is 7.38. The number of ether oxygens (including phenoxy) is 1. The molecule has 0 spiro atoms. The molecule has 0 atom stereocenters. The first-order valence-corrected chi connectivity index (χ1v) is 9.30. The lowest BCUT2D eigenvalue weighted by Gasteiger charge is -2.21. The molecule has 1 aromatic carbocycles. The van der Waals surface area contributed by atoms with E-state index >= 15 is 0 Å². The Balaban J connectivity index is 1.74. The molecule has 0 aromatic heterocycles. The molecular formula is C18H21NO4S. The Labute approximate surface area is 145 Å². The zero-order valence-corrected chi connectivity index (χ0v) is 14.6. The first kappa shape index (κ1) is 17.0. The van der Waals surface area contributed by atoms with Crippen LogP contribution < -0.4 is 0 Å². The Bertz CT molecular complexity index is 667. The Morgan fingerprint density at radius 2 is 1.88 bits per heavy atom. The van der Waals surface area contributed by atoms with Gasteiger partial charge in [-0.1, -0.05) is 19.3 Å². The molecule has 128 valence electrons. The van der Waals surface area contributed by atoms with E-state index in [4.69, 9.17) is 4.74 Å². The number of hydrogen-bond acceptors (Lipinski definition) is 5. The molecular weight excluding hydrogens is 326 g/mol. The van der Waals surface area contributed by atoms with Crippen LogP contribution >= 0.6 is 11.8 Å². The predicted molar refractivity (Wildman–Crippen MR) is 91.2 cm³/mol. The van der Waals surface area contributed by atoms with E-state index in [0.29, 0.717) is 16.4 Å². The van der Waals surface area contributed by atoms with Crippen LogP contribution in [-0.2, 0) is 9.53 Å². The largest absolute Gasteiger partial charge is 0.465 e. The van der Waals surface area contributed by atoms with E-state index in [-0.39, 0.29) is 13.2 Å². The highest BCUT2D eigenvalue weighted by atomic mass is 32.2. The third-order valence-corrected chi connectivity index (χ3v) is 5.72. The Kier molecular flexibility index (Phi) is 5.23. The molecule has 1 aliphatic heterocycles. The van der Waals surface area contributed by atoms with E-state index in [1.807, 2.05) is 6.07 Å². The highest BCUT2D eigenvalue weighted by Gasteiger charge is 2.37. The van der Waals surface area contributed by atoms with E-state index in [2.05, 4.69) is 0 Å². The lowest BCUT2D eigenvalue weighted by atomic mass is 10.0. The SMILES string of the molecule is CCOC(=O)CN1C(=O)c2ccc(SC3CCCCC3)cc2C1=O. The van der Waals surface area contributed by atoms with E-state index < -0.39 is 17.8 Å². The van der Waals surface area contributed by atoms with E-state index in [1.165, 1.54) is 32.1 Å². The highest BCUT2D eigenvalue weighted by Crippen LogP contribution is 2.35. The molecule has 0 N–H and O–H groups in total. The lowest BCUT2D eigenvalue weighted by Crippen LogP contribution is -2.35. The van der Waals surface area contributed by atoms with Gasteiger partial charge in [0.15, 0.2) is 0 Å². The summed E-state index contributed by atoms with van der Waals surface area (Å²) >= 11 is 1.78. The van der Waals surface area contributed by atoms with Gasteiger partial charge in [0, 0.05) is 10.1 Å². The average molecular weight is 347 g/mol. The predicted octanol–water partition coefficient (Wildman–Crippen LogP) is 3.27. The van der Waals surface area contributed by atoms with Gasteiger partial charge < -0.3 is 4.74 Å². The second-order valence-corrected chi connectivity index (χ2v) is 7.46. The molecule has 1 saturated carbocycles. The summed E-state index contributed by atoms with van der Waals surface area (Å²) in [6, 6.07) is 5.39. The van der Waals surface area contributed by atoms with Gasteiger partial charge in [0.2, 0.25) is 0 Å². The number of imide groups is 1. The molecule has 0 saturated heterocycles. The topological polar surface area (TPSA) is 63.7 Å². The fraction of sp³-hybridized carbons (Fsp3) is 0.500. The van der Waals surface area contributed by atoms with Crippen LogP contribution in [0.1, 0.15) is 59.7 Å². The van der Waals surface area contributed by atoms with Gasteiger partial charge in [-0.05, 0) is 38.0 Å². The van der Waals surface area contributed by atoms with Crippen molar-refractivity contribution in [3.05, 3.63) is 29.3 Å². The standard InChI is InChI=1S/C18H21NO4S/c1-2-23-16(20)11-19-17(21)14-9-8-13(10-15(14)18(19)22)24-12-6-4-3-5-7-12/h8-10,12H,2-7,11H2,1H3. The number of benzene rings is 1. The molecule has 1 aromatic rings. The van der Waals surface area contributed by atoms with Crippen LogP contribution in [0.2, 0.25) is 0 Å². The van der Waals surface area contributed by atoms with Crippen molar-refractivity contribution >= 4 is 29.5 Å². The molecule has 1 heterocycles. The van der Waals surface area contributed by atoms with Crippen molar-refractivity contribution in [3.8, 4) is 0 Å². The van der Waals surface area contributed by atoms with Crippen LogP contribution in [0.25, 0.3) is 0 Å². The number of thioether (sulfide) groups is 1. The van der Waals surface area contributed by atoms with Crippen molar-refractivity contribution in [1.29, 1.82) is 0 Å². The highest BCUT2D eigenvalue weighted by molar-refractivity contribution is 8.00. The maximum Gasteiger partial charge on any atom is 0.326 e. The molecule has 2 aliphatic rings. The average Bonchev–Trinajstić information content (AvgIpc) is 2.81. The van der Waals surface area contributed by atoms with Crippen molar-refractivity contribution in [1.82, 2.24) is 4.90 Å². The first-order chi connectivity index (χ1) is 11.6. The zero-order valence-electron chi connectivity index (χ0n) is 13.7. The molecule has 0 radical (unpaired) electrons. The summed E-state index contributed by atoms with van der Waals surface area (Å²) in [5.74, 6) is -1.39. The van der Waals surface area contributed by atoms with Crippen LogP contribution in [0.15, 0.2) is 23.1 Å². The minimum atomic E-state index is -0.566. The van der Waals surface area contributed by atoms with Crippen LogP contribution in [-0.4, -0.2) is 41.1 Å². The third kappa shape index (κ3) is 3.48. The van der Waals surface area contributed by atoms with Crippen molar-refractivity contribution in [2.24, 2.45) is 0 Å². The Morgan fingerprint density at radius 3 is 2.58 bits per heavy atom. The number of carbonyl (C=O) groups is 3. The maximum atomic E-state index is 12.5. The van der Waals surface area contributed by atoms with Gasteiger partial charge in [0.05, 0.1) is 17.7 Å². The Morgan fingerprint density at radius 1 is 1.17 bits per heavy atom. The monoisotopic (exact) mass is 347 g/mol. The van der Waals surface area contributed by atoms with Crippen molar-refractivity contribution < 1.29 is 19.1 Å². The summed E-state index contributed by atoms with van der Waals surface area (Å²) in [7, 11) is 0. The fourth-order valence-corrected chi connectivity index (χ4v) is 4.48. The third-order valence-electron chi connectivity index (χ3n) is 4.39. The molecule has 3 rings (SSSR count). The smallest absolute Gasteiger partial charge is 0.326 e. The second-order valence-electron chi connectivity index (χ2n) is 6.09. The fourth-order valence-electron chi connectivity index (χ4n) is 3.20. The summed E-state index contributed by atoms with van der Waals surface area (Å²) in [6.07, 6.45) is 6.21. The Hall–Kier alpha value is -1.82. The first-order valence-electron chi connectivity index (χ1n) is 8.42. The van der Waals surface area contributed by atoms with Gasteiger partial charge in [-0.3, -0.25) is 19.3 Å². The quantitative estimate of drug-likeness (QED) is 0.604. The van der Waals surface area contributed by atoms with Gasteiger partial charge in [-0.15, -0.1) is 11.8 Å². The molecule has 5 nitrogen and oxygen atoms in total. The molecule has 0 bridgehead atoms. The van der Waals surface area contributed by atoms with Gasteiger partial charge in [-0.2, -0.15) is 0 Å². The van der Waals surface area contributed by atoms with Gasteiger partial charge in [0.1, 0.15) is 6.54 Å². The summed E-state index contributed by atoms with van der Waals surface area (Å²) in [5.41, 5.74) is 0.766. The number of hydrogen-bond donors (Lipinski definition) is 0. The van der Waals surface area contributed by atoms with Gasteiger partial charge in [0.25, 0.3) is 11.8 Å². The summed E-state index contributed by atoms with van der Waals surface area (Å²) < 4.78 is 4.83. The number of amides is 2. The maximum absolute atomic E-state index is 12.5. The molecule has 6 heteroatoms. The number of esters is 1. The summed E-state index contributed by atoms with van der Waals surface area (Å²) in [5, 5.41) is 0.583. The summed E-state index contributed by atoms with van der Waals surface area (Å²) in [6.45, 7) is 1.59. The van der Waals surface area contributed by atoms with Gasteiger partial charge >= 0.3 is 5.97 Å². The molecule has 2 amide bonds. The number of rotatable bonds is 5. The van der Waals surface area contributed by atoms with Crippen LogP contribution in [0.4, 0.5) is 0 Å². The van der Waals surface area contributed by atoms with E-state index in [0.717, 1.165) is 9.80 Å². The van der Waals surface area contributed by atoms with Crippen molar-refractivity contribution in [3.63, 3.8) is 0 Å². The molecule has 1 aliphatic carbocycles. The number of carbonyl (C=O) groups excluding carboxylic acids is 3. The van der Waals surface area contributed by atoms with Gasteiger partial charge in [-0.25, -0.2) is 0 Å². The zero-order chi connectivity index (χ0) is 17.1. The lowest BCUT2D eigenvalue weighted by molar-refractivity contribution is -0.143. The van der Waals surface area contributed by atoms with Crippen molar-refractivity contribution in [2.75, 3.05) is 13.2 Å². The summed E-state index contributed by atoms with van der Waals surface area (Å²) in [4.78, 5) is 38.4. The van der Waals surface area contributed by atoms with Crippen LogP contribution in [0, 0.1) is 0 Å². The number of fused-ring (bicyclic) bond motifs is 1.